The van der Waals surface area contributed by atoms with Crippen LogP contribution in [0.15, 0.2) is 48.5 Å². The van der Waals surface area contributed by atoms with Gasteiger partial charge in [0.25, 0.3) is 0 Å². The number of benzene rings is 2. The lowest BCUT2D eigenvalue weighted by Gasteiger charge is -2.22. The molecule has 0 unspecified atom stereocenters. The minimum Gasteiger partial charge on any atom is -0.309 e. The molecule has 2 nitrogen and oxygen atoms in total. The summed E-state index contributed by atoms with van der Waals surface area (Å²) in [6.07, 6.45) is 1.43. The monoisotopic (exact) mass is 265 g/mol. The van der Waals surface area contributed by atoms with Gasteiger partial charge in [-0.3, -0.25) is 4.79 Å². The fraction of sp³-hybridized carbons (Fsp3) is 0.278. The number of amides is 1. The maximum Gasteiger partial charge on any atom is 0.231 e. The summed E-state index contributed by atoms with van der Waals surface area (Å²) in [5.41, 5.74) is 4.66. The van der Waals surface area contributed by atoms with Crippen molar-refractivity contribution >= 4 is 11.6 Å². The number of anilines is 1. The molecule has 0 radical (unpaired) electrons. The van der Waals surface area contributed by atoms with Crippen LogP contribution in [-0.2, 0) is 17.6 Å². The van der Waals surface area contributed by atoms with Crippen molar-refractivity contribution in [2.24, 2.45) is 0 Å². The quantitative estimate of drug-likeness (QED) is 0.813. The number of fused-ring (bicyclic) bond motifs is 1. The summed E-state index contributed by atoms with van der Waals surface area (Å²) in [5, 5.41) is 0. The van der Waals surface area contributed by atoms with Gasteiger partial charge in [-0.15, -0.1) is 0 Å². The first-order chi connectivity index (χ1) is 9.65. The lowest BCUT2D eigenvalue weighted by molar-refractivity contribution is -0.118. The van der Waals surface area contributed by atoms with Crippen molar-refractivity contribution in [2.45, 2.75) is 32.7 Å². The Kier molecular flexibility index (Phi) is 3.31. The highest BCUT2D eigenvalue weighted by molar-refractivity contribution is 5.97. The summed E-state index contributed by atoms with van der Waals surface area (Å²) in [6, 6.07) is 16.7. The predicted molar refractivity (Wildman–Crippen MR) is 82.0 cm³/mol. The van der Waals surface area contributed by atoms with E-state index in [1.165, 1.54) is 11.1 Å². The first kappa shape index (κ1) is 12.9. The summed E-state index contributed by atoms with van der Waals surface area (Å²) in [7, 11) is 0. The summed E-state index contributed by atoms with van der Waals surface area (Å²) in [5.74, 6) is 0.186. The summed E-state index contributed by atoms with van der Waals surface area (Å²) in [6.45, 7) is 4.18. The van der Waals surface area contributed by atoms with Crippen molar-refractivity contribution in [1.82, 2.24) is 0 Å². The largest absolute Gasteiger partial charge is 0.309 e. The second kappa shape index (κ2) is 5.12. The molecule has 0 aliphatic carbocycles. The van der Waals surface area contributed by atoms with E-state index in [1.54, 1.807) is 0 Å². The third-order valence-corrected chi connectivity index (χ3v) is 3.95. The second-order valence-corrected chi connectivity index (χ2v) is 5.61. The molecule has 0 spiro atoms. The highest BCUT2D eigenvalue weighted by atomic mass is 16.2. The minimum absolute atomic E-state index is 0.186. The molecule has 1 atom stereocenters. The van der Waals surface area contributed by atoms with Crippen LogP contribution in [0.4, 0.5) is 5.69 Å². The maximum atomic E-state index is 12.6. The first-order valence-electron chi connectivity index (χ1n) is 7.10. The second-order valence-electron chi connectivity index (χ2n) is 5.61. The molecule has 2 heteroatoms. The van der Waals surface area contributed by atoms with Crippen molar-refractivity contribution in [2.75, 3.05) is 4.90 Å². The lowest BCUT2D eigenvalue weighted by atomic mass is 10.1. The number of hydrogen-bond donors (Lipinski definition) is 0. The van der Waals surface area contributed by atoms with Gasteiger partial charge in [0.1, 0.15) is 0 Å². The number of carbonyl (C=O) groups is 1. The Morgan fingerprint density at radius 2 is 1.85 bits per heavy atom. The Hall–Kier alpha value is -2.09. The molecule has 20 heavy (non-hydrogen) atoms. The summed E-state index contributed by atoms with van der Waals surface area (Å²) < 4.78 is 0. The molecule has 2 aromatic carbocycles. The third kappa shape index (κ3) is 2.34. The molecule has 2 aromatic rings. The first-order valence-corrected chi connectivity index (χ1v) is 7.10. The molecule has 1 aliphatic rings. The van der Waals surface area contributed by atoms with Crippen LogP contribution in [0.5, 0.6) is 0 Å². The molecule has 1 heterocycles. The van der Waals surface area contributed by atoms with Gasteiger partial charge in [-0.25, -0.2) is 0 Å². The Bertz CT molecular complexity index is 630. The Balaban J connectivity index is 1.82. The maximum absolute atomic E-state index is 12.6. The topological polar surface area (TPSA) is 20.3 Å². The molecular weight excluding hydrogens is 246 g/mol. The number of para-hydroxylation sites is 1. The highest BCUT2D eigenvalue weighted by Crippen LogP contribution is 2.32. The molecule has 0 aromatic heterocycles. The van der Waals surface area contributed by atoms with Crippen molar-refractivity contribution in [3.63, 3.8) is 0 Å². The summed E-state index contributed by atoms with van der Waals surface area (Å²) in [4.78, 5) is 14.6. The van der Waals surface area contributed by atoms with Crippen LogP contribution in [0.2, 0.25) is 0 Å². The minimum atomic E-state index is 0.186. The lowest BCUT2D eigenvalue weighted by Crippen LogP contribution is -2.36. The molecule has 0 saturated heterocycles. The molecular formula is C18H19NO. The van der Waals surface area contributed by atoms with E-state index < -0.39 is 0 Å². The molecule has 1 amide bonds. The highest BCUT2D eigenvalue weighted by Gasteiger charge is 2.30. The third-order valence-electron chi connectivity index (χ3n) is 3.95. The smallest absolute Gasteiger partial charge is 0.231 e. The van der Waals surface area contributed by atoms with Gasteiger partial charge in [0, 0.05) is 11.7 Å². The fourth-order valence-electron chi connectivity index (χ4n) is 2.91. The molecule has 0 bridgehead atoms. The van der Waals surface area contributed by atoms with Gasteiger partial charge in [0.2, 0.25) is 5.91 Å². The van der Waals surface area contributed by atoms with Crippen LogP contribution < -0.4 is 4.90 Å². The van der Waals surface area contributed by atoms with Gasteiger partial charge in [-0.05, 0) is 37.5 Å². The Morgan fingerprint density at radius 3 is 2.60 bits per heavy atom. The van der Waals surface area contributed by atoms with Gasteiger partial charge < -0.3 is 4.90 Å². The van der Waals surface area contributed by atoms with E-state index in [0.29, 0.717) is 6.42 Å². The van der Waals surface area contributed by atoms with Crippen LogP contribution in [0.1, 0.15) is 23.6 Å². The number of aryl methyl sites for hydroxylation is 1. The van der Waals surface area contributed by atoms with Crippen molar-refractivity contribution in [3.8, 4) is 0 Å². The van der Waals surface area contributed by atoms with Gasteiger partial charge in [-0.2, -0.15) is 0 Å². The number of rotatable bonds is 2. The standard InChI is InChI=1S/C18H19NO/c1-13-7-9-15(10-8-13)12-18(20)19-14(2)11-16-5-3-4-6-17(16)19/h3-10,14H,11-12H2,1-2H3/t14-/m0/s1. The van der Waals surface area contributed by atoms with Crippen LogP contribution in [0, 0.1) is 6.92 Å². The van der Waals surface area contributed by atoms with Gasteiger partial charge in [-0.1, -0.05) is 48.0 Å². The van der Waals surface area contributed by atoms with E-state index in [-0.39, 0.29) is 11.9 Å². The molecule has 3 rings (SSSR count). The van der Waals surface area contributed by atoms with Crippen LogP contribution in [0.25, 0.3) is 0 Å². The number of nitrogens with zero attached hydrogens (tertiary/aromatic N) is 1. The zero-order valence-corrected chi connectivity index (χ0v) is 12.0. The van der Waals surface area contributed by atoms with Crippen LogP contribution in [0.3, 0.4) is 0 Å². The molecule has 1 aliphatic heterocycles. The van der Waals surface area contributed by atoms with Crippen molar-refractivity contribution in [1.29, 1.82) is 0 Å². The normalized spacial score (nSPS) is 17.1. The van der Waals surface area contributed by atoms with Gasteiger partial charge in [0.15, 0.2) is 0 Å². The van der Waals surface area contributed by atoms with Gasteiger partial charge >= 0.3 is 0 Å². The van der Waals surface area contributed by atoms with Crippen LogP contribution in [-0.4, -0.2) is 11.9 Å². The molecule has 0 N–H and O–H groups in total. The van der Waals surface area contributed by atoms with E-state index in [1.807, 2.05) is 35.2 Å². The van der Waals surface area contributed by atoms with Gasteiger partial charge in [0.05, 0.1) is 6.42 Å². The SMILES string of the molecule is Cc1ccc(CC(=O)N2c3ccccc3C[C@@H]2C)cc1. The van der Waals surface area contributed by atoms with E-state index in [4.69, 9.17) is 0 Å². The number of carbonyl (C=O) groups excluding carboxylic acids is 1. The molecule has 0 fully saturated rings. The molecule has 0 saturated carbocycles. The van der Waals surface area contributed by atoms with Crippen molar-refractivity contribution in [3.05, 3.63) is 65.2 Å². The Morgan fingerprint density at radius 1 is 1.15 bits per heavy atom. The fourth-order valence-corrected chi connectivity index (χ4v) is 2.91. The average Bonchev–Trinajstić information content (AvgIpc) is 2.77. The van der Waals surface area contributed by atoms with Crippen LogP contribution >= 0.6 is 0 Å². The predicted octanol–water partition coefficient (Wildman–Crippen LogP) is 3.52. The Labute approximate surface area is 120 Å². The van der Waals surface area contributed by atoms with Crippen molar-refractivity contribution < 1.29 is 4.79 Å². The van der Waals surface area contributed by atoms with E-state index in [0.717, 1.165) is 17.7 Å². The zero-order chi connectivity index (χ0) is 14.1. The number of hydrogen-bond acceptors (Lipinski definition) is 1. The molecule has 102 valence electrons. The van der Waals surface area contributed by atoms with E-state index in [2.05, 4.69) is 32.0 Å². The zero-order valence-electron chi connectivity index (χ0n) is 12.0. The average molecular weight is 265 g/mol. The van der Waals surface area contributed by atoms with E-state index >= 15 is 0 Å². The van der Waals surface area contributed by atoms with E-state index in [9.17, 15) is 4.79 Å². The summed E-state index contributed by atoms with van der Waals surface area (Å²) >= 11 is 0.